The van der Waals surface area contributed by atoms with Crippen molar-refractivity contribution in [1.82, 2.24) is 0 Å². The number of carbonyl (C=O) groups is 1. The lowest BCUT2D eigenvalue weighted by Gasteiger charge is -2.27. The summed E-state index contributed by atoms with van der Waals surface area (Å²) in [6.07, 6.45) is 2.03. The van der Waals surface area contributed by atoms with E-state index in [0.717, 1.165) is 46.9 Å². The summed E-state index contributed by atoms with van der Waals surface area (Å²) < 4.78 is 5.59. The fraction of sp³-hybridized carbons (Fsp3) is 0.292. The van der Waals surface area contributed by atoms with Crippen molar-refractivity contribution in [2.75, 3.05) is 0 Å². The quantitative estimate of drug-likeness (QED) is 0.502. The van der Waals surface area contributed by atoms with Crippen molar-refractivity contribution >= 4 is 22.8 Å². The van der Waals surface area contributed by atoms with Crippen LogP contribution >= 0.6 is 0 Å². The van der Waals surface area contributed by atoms with Crippen LogP contribution in [0.1, 0.15) is 42.5 Å². The van der Waals surface area contributed by atoms with Gasteiger partial charge in [0.1, 0.15) is 5.58 Å². The van der Waals surface area contributed by atoms with Crippen molar-refractivity contribution in [3.05, 3.63) is 81.2 Å². The first-order valence-electron chi connectivity index (χ1n) is 9.80. The molecule has 0 radical (unpaired) electrons. The van der Waals surface area contributed by atoms with Crippen LogP contribution in [0.25, 0.3) is 11.0 Å². The fourth-order valence-electron chi connectivity index (χ4n) is 4.33. The Balaban J connectivity index is 1.73. The monoisotopic (exact) mass is 389 g/mol. The second kappa shape index (κ2) is 7.32. The number of aryl methyl sites for hydroxylation is 1. The molecule has 0 bridgehead atoms. The maximum Gasteiger partial charge on any atom is 0.431 e. The van der Waals surface area contributed by atoms with Crippen molar-refractivity contribution in [2.45, 2.75) is 39.5 Å². The molecule has 148 valence electrons. The van der Waals surface area contributed by atoms with Crippen LogP contribution in [-0.2, 0) is 19.3 Å². The summed E-state index contributed by atoms with van der Waals surface area (Å²) in [7, 11) is 0. The van der Waals surface area contributed by atoms with Crippen LogP contribution in [0.5, 0.6) is 0 Å². The highest BCUT2D eigenvalue weighted by Crippen LogP contribution is 2.32. The van der Waals surface area contributed by atoms with Crippen LogP contribution in [0.3, 0.4) is 0 Å². The number of carboxylic acid groups (broad SMARTS) is 1. The number of benzene rings is 2. The topological polar surface area (TPSA) is 79.9 Å². The van der Waals surface area contributed by atoms with E-state index in [1.807, 2.05) is 62.4 Å². The molecule has 1 amide bonds. The van der Waals surface area contributed by atoms with Gasteiger partial charge in [-0.1, -0.05) is 56.3 Å². The average molecular weight is 389 g/mol. The summed E-state index contributed by atoms with van der Waals surface area (Å²) in [6.45, 7) is 3.95. The molecule has 5 nitrogen and oxygen atoms in total. The van der Waals surface area contributed by atoms with Gasteiger partial charge in [-0.05, 0) is 48.4 Å². The molecule has 1 aliphatic carbocycles. The molecule has 1 aromatic heterocycles. The Hall–Kier alpha value is -3.21. The Morgan fingerprint density at radius 2 is 1.83 bits per heavy atom. The number of aliphatic imine (C=N–C) groups is 1. The van der Waals surface area contributed by atoms with Crippen molar-refractivity contribution in [1.29, 1.82) is 0 Å². The molecule has 1 N–H and O–H groups in total. The largest absolute Gasteiger partial charge is 0.463 e. The van der Waals surface area contributed by atoms with Crippen LogP contribution in [0.2, 0.25) is 0 Å². The van der Waals surface area contributed by atoms with E-state index in [4.69, 9.17) is 4.42 Å². The van der Waals surface area contributed by atoms with Gasteiger partial charge in [0.15, 0.2) is 0 Å². The van der Waals surface area contributed by atoms with Crippen molar-refractivity contribution < 1.29 is 14.3 Å². The van der Waals surface area contributed by atoms with E-state index in [1.165, 1.54) is 0 Å². The molecule has 0 aliphatic heterocycles. The number of hydrogen-bond donors (Lipinski definition) is 1. The van der Waals surface area contributed by atoms with Crippen LogP contribution in [-0.4, -0.2) is 16.9 Å². The van der Waals surface area contributed by atoms with Gasteiger partial charge < -0.3 is 9.52 Å². The molecule has 29 heavy (non-hydrogen) atoms. The van der Waals surface area contributed by atoms with Crippen LogP contribution in [0.15, 0.2) is 62.7 Å². The van der Waals surface area contributed by atoms with Gasteiger partial charge in [0, 0.05) is 16.4 Å². The Morgan fingerprint density at radius 1 is 1.10 bits per heavy atom. The Labute approximate surface area is 168 Å². The highest BCUT2D eigenvalue weighted by molar-refractivity contribution is 6.08. The zero-order valence-corrected chi connectivity index (χ0v) is 16.6. The molecule has 0 saturated heterocycles. The SMILES string of the molecule is CC(C)(Cc1ccc2c3c(c(=O)oc2c1)CCC3)C(=NC(=O)O)c1ccccc1. The molecule has 4 rings (SSSR count). The molecule has 0 saturated carbocycles. The molecular weight excluding hydrogens is 366 g/mol. The van der Waals surface area contributed by atoms with E-state index in [0.29, 0.717) is 17.7 Å². The summed E-state index contributed by atoms with van der Waals surface area (Å²) in [4.78, 5) is 27.5. The van der Waals surface area contributed by atoms with Crippen molar-refractivity contribution in [3.63, 3.8) is 0 Å². The number of fused-ring (bicyclic) bond motifs is 3. The summed E-state index contributed by atoms with van der Waals surface area (Å²) in [5.74, 6) is 0. The Morgan fingerprint density at radius 3 is 2.55 bits per heavy atom. The minimum absolute atomic E-state index is 0.237. The number of hydrogen-bond acceptors (Lipinski definition) is 3. The van der Waals surface area contributed by atoms with Gasteiger partial charge in [0.25, 0.3) is 0 Å². The molecule has 2 aromatic carbocycles. The summed E-state index contributed by atoms with van der Waals surface area (Å²) in [6, 6.07) is 15.3. The average Bonchev–Trinajstić information content (AvgIpc) is 3.17. The lowest BCUT2D eigenvalue weighted by molar-refractivity contribution is 0.205. The smallest absolute Gasteiger partial charge is 0.431 e. The second-order valence-corrected chi connectivity index (χ2v) is 8.20. The van der Waals surface area contributed by atoms with Crippen molar-refractivity contribution in [2.24, 2.45) is 10.4 Å². The van der Waals surface area contributed by atoms with Gasteiger partial charge in [0.05, 0.1) is 5.71 Å². The van der Waals surface area contributed by atoms with Crippen LogP contribution in [0.4, 0.5) is 4.79 Å². The summed E-state index contributed by atoms with van der Waals surface area (Å²) >= 11 is 0. The van der Waals surface area contributed by atoms with E-state index < -0.39 is 11.5 Å². The number of nitrogens with zero attached hydrogens (tertiary/aromatic N) is 1. The summed E-state index contributed by atoms with van der Waals surface area (Å²) in [5.41, 5.74) is 4.01. The molecule has 5 heteroatoms. The maximum atomic E-state index is 12.3. The predicted molar refractivity (Wildman–Crippen MR) is 113 cm³/mol. The number of amides is 1. The van der Waals surface area contributed by atoms with Crippen LogP contribution in [0, 0.1) is 5.41 Å². The Bertz CT molecular complexity index is 1170. The lowest BCUT2D eigenvalue weighted by atomic mass is 9.78. The Kier molecular flexibility index (Phi) is 4.82. The third-order valence-electron chi connectivity index (χ3n) is 5.58. The van der Waals surface area contributed by atoms with Gasteiger partial charge in [0.2, 0.25) is 0 Å². The number of rotatable bonds is 4. The molecule has 0 spiro atoms. The molecule has 1 heterocycles. The molecule has 3 aromatic rings. The first kappa shape index (κ1) is 19.1. The normalized spacial score (nSPS) is 14.2. The first-order valence-corrected chi connectivity index (χ1v) is 9.80. The lowest BCUT2D eigenvalue weighted by Crippen LogP contribution is -2.29. The minimum atomic E-state index is -1.21. The first-order chi connectivity index (χ1) is 13.8. The molecule has 0 fully saturated rings. The van der Waals surface area contributed by atoms with E-state index in [-0.39, 0.29) is 5.63 Å². The van der Waals surface area contributed by atoms with Gasteiger partial charge >= 0.3 is 11.7 Å². The molecule has 0 unspecified atom stereocenters. The molecular formula is C24H23NO4. The zero-order valence-electron chi connectivity index (χ0n) is 16.6. The van der Waals surface area contributed by atoms with E-state index >= 15 is 0 Å². The van der Waals surface area contributed by atoms with Gasteiger partial charge in [-0.3, -0.25) is 0 Å². The van der Waals surface area contributed by atoms with Crippen LogP contribution < -0.4 is 5.63 Å². The standard InChI is InChI=1S/C24H23NO4/c1-24(2,21(25-23(27)28)16-7-4-3-5-8-16)14-15-11-12-18-17-9-6-10-19(17)22(26)29-20(18)13-15/h3-5,7-8,11-13H,6,9-10,14H2,1-2H3,(H,27,28). The highest BCUT2D eigenvalue weighted by Gasteiger charge is 2.28. The minimum Gasteiger partial charge on any atom is -0.463 e. The fourth-order valence-corrected chi connectivity index (χ4v) is 4.33. The second-order valence-electron chi connectivity index (χ2n) is 8.20. The van der Waals surface area contributed by atoms with E-state index in [2.05, 4.69) is 4.99 Å². The van der Waals surface area contributed by atoms with Crippen molar-refractivity contribution in [3.8, 4) is 0 Å². The van der Waals surface area contributed by atoms with E-state index in [9.17, 15) is 14.7 Å². The molecule has 0 atom stereocenters. The third kappa shape index (κ3) is 3.73. The predicted octanol–water partition coefficient (Wildman–Crippen LogP) is 5.02. The maximum absolute atomic E-state index is 12.3. The van der Waals surface area contributed by atoms with E-state index in [1.54, 1.807) is 0 Å². The summed E-state index contributed by atoms with van der Waals surface area (Å²) in [5, 5.41) is 10.3. The highest BCUT2D eigenvalue weighted by atomic mass is 16.4. The zero-order chi connectivity index (χ0) is 20.6. The van der Waals surface area contributed by atoms with Gasteiger partial charge in [-0.15, -0.1) is 0 Å². The molecule has 1 aliphatic rings. The third-order valence-corrected chi connectivity index (χ3v) is 5.58. The van der Waals surface area contributed by atoms with Gasteiger partial charge in [-0.2, -0.15) is 4.99 Å². The van der Waals surface area contributed by atoms with Gasteiger partial charge in [-0.25, -0.2) is 9.59 Å².